The highest BCUT2D eigenvalue weighted by Gasteiger charge is 2.36. The normalized spacial score (nSPS) is 15.6. The highest BCUT2D eigenvalue weighted by atomic mass is 16.2. The van der Waals surface area contributed by atoms with Crippen LogP contribution in [0.3, 0.4) is 0 Å². The molecule has 1 saturated carbocycles. The Morgan fingerprint density at radius 2 is 1.89 bits per heavy atom. The molecule has 4 nitrogen and oxygen atoms in total. The number of carbonyl (C=O) groups is 2. The van der Waals surface area contributed by atoms with Gasteiger partial charge in [0.25, 0.3) is 5.91 Å². The Hall–Kier alpha value is -2.28. The molecule has 0 radical (unpaired) electrons. The van der Waals surface area contributed by atoms with E-state index < -0.39 is 6.04 Å². The molecule has 1 unspecified atom stereocenters. The molecule has 1 aliphatic rings. The first kappa shape index (κ1) is 21.0. The third-order valence-electron chi connectivity index (χ3n) is 5.35. The molecule has 4 heteroatoms. The van der Waals surface area contributed by atoms with Gasteiger partial charge in [0, 0.05) is 12.1 Å². The average molecular weight is 369 g/mol. The van der Waals surface area contributed by atoms with Crippen molar-refractivity contribution in [1.29, 1.82) is 0 Å². The second-order valence-corrected chi connectivity index (χ2v) is 7.49. The van der Waals surface area contributed by atoms with E-state index in [2.05, 4.69) is 18.2 Å². The highest BCUT2D eigenvalue weighted by Crippen LogP contribution is 2.30. The molecule has 1 aromatic rings. The maximum Gasteiger partial charge on any atom is 0.255 e. The van der Waals surface area contributed by atoms with E-state index >= 15 is 0 Å². The van der Waals surface area contributed by atoms with Gasteiger partial charge >= 0.3 is 0 Å². The van der Waals surface area contributed by atoms with Crippen molar-refractivity contribution in [2.24, 2.45) is 5.92 Å². The van der Waals surface area contributed by atoms with Gasteiger partial charge in [-0.1, -0.05) is 56.2 Å². The van der Waals surface area contributed by atoms with E-state index in [1.807, 2.05) is 31.2 Å². The number of nitrogens with one attached hydrogen (secondary N) is 1. The van der Waals surface area contributed by atoms with E-state index in [-0.39, 0.29) is 24.3 Å². The number of hydrogen-bond donors (Lipinski definition) is 1. The van der Waals surface area contributed by atoms with Crippen LogP contribution >= 0.6 is 0 Å². The molecule has 0 aromatic heterocycles. The number of carbonyl (C=O) groups excluding carboxylic acids is 2. The maximum absolute atomic E-state index is 13.2. The van der Waals surface area contributed by atoms with Gasteiger partial charge in [0.05, 0.1) is 6.54 Å². The Labute approximate surface area is 163 Å². The van der Waals surface area contributed by atoms with Gasteiger partial charge in [0.2, 0.25) is 5.91 Å². The highest BCUT2D eigenvalue weighted by molar-refractivity contribution is 5.98. The summed E-state index contributed by atoms with van der Waals surface area (Å²) in [5.41, 5.74) is 1.68. The van der Waals surface area contributed by atoms with Gasteiger partial charge in [-0.3, -0.25) is 9.59 Å². The number of amides is 2. The monoisotopic (exact) mass is 368 g/mol. The topological polar surface area (TPSA) is 49.4 Å². The number of terminal acetylenes is 1. The fourth-order valence-corrected chi connectivity index (χ4v) is 3.81. The van der Waals surface area contributed by atoms with E-state index in [4.69, 9.17) is 6.42 Å². The maximum atomic E-state index is 13.2. The van der Waals surface area contributed by atoms with E-state index in [0.717, 1.165) is 44.1 Å². The van der Waals surface area contributed by atoms with Crippen LogP contribution in [-0.4, -0.2) is 35.8 Å². The standard InChI is InChI=1S/C23H32N2O2/c1-4-6-16-24-22(26)21(19-10-8-7-9-11-19)25(17-5-2)23(27)20-14-12-18(3)13-15-20/h2,12-15,19,21H,4,6-11,16-17H2,1,3H3,(H,24,26). The lowest BCUT2D eigenvalue weighted by molar-refractivity contribution is -0.127. The van der Waals surface area contributed by atoms with Crippen molar-refractivity contribution >= 4 is 11.8 Å². The van der Waals surface area contributed by atoms with Gasteiger partial charge in [0.15, 0.2) is 0 Å². The van der Waals surface area contributed by atoms with Crippen LogP contribution in [0.15, 0.2) is 24.3 Å². The lowest BCUT2D eigenvalue weighted by atomic mass is 9.82. The predicted molar refractivity (Wildman–Crippen MR) is 109 cm³/mol. The Morgan fingerprint density at radius 3 is 2.48 bits per heavy atom. The Bertz CT molecular complexity index is 654. The van der Waals surface area contributed by atoms with Crippen LogP contribution in [-0.2, 0) is 4.79 Å². The number of aryl methyl sites for hydroxylation is 1. The second-order valence-electron chi connectivity index (χ2n) is 7.49. The molecule has 1 N–H and O–H groups in total. The SMILES string of the molecule is C#CCN(C(=O)c1ccc(C)cc1)C(C(=O)NCCCC)C1CCCCC1. The zero-order valence-electron chi connectivity index (χ0n) is 16.7. The van der Waals surface area contributed by atoms with Crippen molar-refractivity contribution in [2.45, 2.75) is 64.8 Å². The van der Waals surface area contributed by atoms with Crippen molar-refractivity contribution in [1.82, 2.24) is 10.2 Å². The van der Waals surface area contributed by atoms with Gasteiger partial charge in [0.1, 0.15) is 6.04 Å². The fourth-order valence-electron chi connectivity index (χ4n) is 3.81. The minimum absolute atomic E-state index is 0.0638. The Balaban J connectivity index is 2.28. The summed E-state index contributed by atoms with van der Waals surface area (Å²) in [5, 5.41) is 3.03. The third-order valence-corrected chi connectivity index (χ3v) is 5.35. The van der Waals surface area contributed by atoms with Gasteiger partial charge in [-0.15, -0.1) is 6.42 Å². The smallest absolute Gasteiger partial charge is 0.255 e. The molecule has 146 valence electrons. The molecule has 2 rings (SSSR count). The van der Waals surface area contributed by atoms with E-state index in [1.54, 1.807) is 4.90 Å². The molecule has 0 spiro atoms. The lowest BCUT2D eigenvalue weighted by Crippen LogP contribution is -2.54. The summed E-state index contributed by atoms with van der Waals surface area (Å²) in [7, 11) is 0. The molecule has 0 saturated heterocycles. The predicted octanol–water partition coefficient (Wildman–Crippen LogP) is 3.94. The van der Waals surface area contributed by atoms with Crippen LogP contribution < -0.4 is 5.32 Å². The summed E-state index contributed by atoms with van der Waals surface area (Å²) in [5.74, 6) is 2.54. The summed E-state index contributed by atoms with van der Waals surface area (Å²) in [6.45, 7) is 4.87. The van der Waals surface area contributed by atoms with E-state index in [9.17, 15) is 9.59 Å². The Kier molecular flexibility index (Phi) is 8.39. The van der Waals surface area contributed by atoms with Crippen LogP contribution in [0.1, 0.15) is 67.8 Å². The summed E-state index contributed by atoms with van der Waals surface area (Å²) < 4.78 is 0. The molecule has 1 atom stereocenters. The zero-order chi connectivity index (χ0) is 19.6. The largest absolute Gasteiger partial charge is 0.354 e. The molecule has 1 fully saturated rings. The van der Waals surface area contributed by atoms with Crippen molar-refractivity contribution in [3.05, 3.63) is 35.4 Å². The first-order chi connectivity index (χ1) is 13.1. The average Bonchev–Trinajstić information content (AvgIpc) is 2.69. The van der Waals surface area contributed by atoms with Gasteiger partial charge in [-0.2, -0.15) is 0 Å². The minimum atomic E-state index is -0.494. The molecule has 0 aliphatic heterocycles. The minimum Gasteiger partial charge on any atom is -0.354 e. The zero-order valence-corrected chi connectivity index (χ0v) is 16.7. The Morgan fingerprint density at radius 1 is 1.22 bits per heavy atom. The van der Waals surface area contributed by atoms with Crippen LogP contribution in [0.25, 0.3) is 0 Å². The van der Waals surface area contributed by atoms with Gasteiger partial charge < -0.3 is 10.2 Å². The van der Waals surface area contributed by atoms with Crippen LogP contribution in [0.5, 0.6) is 0 Å². The van der Waals surface area contributed by atoms with Crippen molar-refractivity contribution < 1.29 is 9.59 Å². The van der Waals surface area contributed by atoms with Gasteiger partial charge in [-0.05, 0) is 44.2 Å². The number of benzene rings is 1. The first-order valence-corrected chi connectivity index (χ1v) is 10.2. The third kappa shape index (κ3) is 5.85. The molecule has 1 aromatic carbocycles. The van der Waals surface area contributed by atoms with E-state index in [1.165, 1.54) is 6.42 Å². The lowest BCUT2D eigenvalue weighted by Gasteiger charge is -2.37. The summed E-state index contributed by atoms with van der Waals surface area (Å²) in [4.78, 5) is 27.9. The summed E-state index contributed by atoms with van der Waals surface area (Å²) >= 11 is 0. The molecule has 27 heavy (non-hydrogen) atoms. The number of unbranched alkanes of at least 4 members (excludes halogenated alkanes) is 1. The molecule has 1 aliphatic carbocycles. The molecule has 2 amide bonds. The van der Waals surface area contributed by atoms with Gasteiger partial charge in [-0.25, -0.2) is 0 Å². The first-order valence-electron chi connectivity index (χ1n) is 10.2. The van der Waals surface area contributed by atoms with Crippen molar-refractivity contribution in [3.63, 3.8) is 0 Å². The van der Waals surface area contributed by atoms with Crippen molar-refractivity contribution in [2.75, 3.05) is 13.1 Å². The van der Waals surface area contributed by atoms with Crippen LogP contribution in [0.4, 0.5) is 0 Å². The quantitative estimate of drug-likeness (QED) is 0.558. The summed E-state index contributed by atoms with van der Waals surface area (Å²) in [6.07, 6.45) is 12.9. The molecule has 0 bridgehead atoms. The van der Waals surface area contributed by atoms with E-state index in [0.29, 0.717) is 12.1 Å². The molecule has 0 heterocycles. The number of rotatable bonds is 8. The van der Waals surface area contributed by atoms with Crippen LogP contribution in [0, 0.1) is 25.2 Å². The molecular formula is C23H32N2O2. The van der Waals surface area contributed by atoms with Crippen molar-refractivity contribution in [3.8, 4) is 12.3 Å². The number of hydrogen-bond acceptors (Lipinski definition) is 2. The molecular weight excluding hydrogens is 336 g/mol. The number of nitrogens with zero attached hydrogens (tertiary/aromatic N) is 1. The van der Waals surface area contributed by atoms with Crippen LogP contribution in [0.2, 0.25) is 0 Å². The fraction of sp³-hybridized carbons (Fsp3) is 0.565. The summed E-state index contributed by atoms with van der Waals surface area (Å²) in [6, 6.07) is 6.96. The second kappa shape index (κ2) is 10.8.